The zero-order valence-electron chi connectivity index (χ0n) is 10.0. The van der Waals surface area contributed by atoms with Gasteiger partial charge >= 0.3 is 0 Å². The molecule has 0 atom stereocenters. The molecule has 0 bridgehead atoms. The van der Waals surface area contributed by atoms with Crippen molar-refractivity contribution in [2.45, 2.75) is 30.0 Å². The second kappa shape index (κ2) is 6.38. The minimum Gasteiger partial charge on any atom is -0.379 e. The SMILES string of the molecule is CCCNCc1cc(F)ccc1SC1COC1. The van der Waals surface area contributed by atoms with Crippen molar-refractivity contribution in [3.8, 4) is 0 Å². The third-order valence-corrected chi connectivity index (χ3v) is 3.92. The van der Waals surface area contributed by atoms with Crippen molar-refractivity contribution in [3.63, 3.8) is 0 Å². The normalized spacial score (nSPS) is 15.9. The van der Waals surface area contributed by atoms with E-state index in [2.05, 4.69) is 12.2 Å². The summed E-state index contributed by atoms with van der Waals surface area (Å²) in [5, 5.41) is 3.85. The molecule has 94 valence electrons. The van der Waals surface area contributed by atoms with Crippen LogP contribution in [0.4, 0.5) is 4.39 Å². The van der Waals surface area contributed by atoms with Crippen LogP contribution in [0.2, 0.25) is 0 Å². The Morgan fingerprint density at radius 3 is 2.94 bits per heavy atom. The molecule has 1 aliphatic heterocycles. The van der Waals surface area contributed by atoms with E-state index in [-0.39, 0.29) is 5.82 Å². The molecule has 1 fully saturated rings. The van der Waals surface area contributed by atoms with E-state index in [1.54, 1.807) is 17.8 Å². The molecular weight excluding hydrogens is 237 g/mol. The van der Waals surface area contributed by atoms with Crippen molar-refractivity contribution in [3.05, 3.63) is 29.6 Å². The van der Waals surface area contributed by atoms with Gasteiger partial charge in [-0.3, -0.25) is 0 Å². The minimum atomic E-state index is -0.160. The fourth-order valence-corrected chi connectivity index (χ4v) is 2.78. The molecule has 0 amide bonds. The van der Waals surface area contributed by atoms with E-state index >= 15 is 0 Å². The average molecular weight is 255 g/mol. The quantitative estimate of drug-likeness (QED) is 0.790. The number of hydrogen-bond donors (Lipinski definition) is 1. The standard InChI is InChI=1S/C13H18FNOS/c1-2-5-15-7-10-6-11(14)3-4-13(10)17-12-8-16-9-12/h3-4,6,12,15H,2,5,7-9H2,1H3. The van der Waals surface area contributed by atoms with Gasteiger partial charge in [0.2, 0.25) is 0 Å². The van der Waals surface area contributed by atoms with Crippen LogP contribution in [0.5, 0.6) is 0 Å². The molecule has 0 saturated carbocycles. The second-order valence-electron chi connectivity index (χ2n) is 4.21. The van der Waals surface area contributed by atoms with Gasteiger partial charge in [0.15, 0.2) is 0 Å². The largest absolute Gasteiger partial charge is 0.379 e. The summed E-state index contributed by atoms with van der Waals surface area (Å²) in [6, 6.07) is 5.04. The molecule has 1 aliphatic rings. The van der Waals surface area contributed by atoms with Gasteiger partial charge < -0.3 is 10.1 Å². The molecule has 0 aliphatic carbocycles. The lowest BCUT2D eigenvalue weighted by atomic mass is 10.2. The molecule has 4 heteroatoms. The Labute approximate surface area is 106 Å². The molecule has 0 aromatic heterocycles. The first kappa shape index (κ1) is 12.9. The van der Waals surface area contributed by atoms with Gasteiger partial charge in [0.05, 0.1) is 18.5 Å². The topological polar surface area (TPSA) is 21.3 Å². The van der Waals surface area contributed by atoms with E-state index in [9.17, 15) is 4.39 Å². The highest BCUT2D eigenvalue weighted by atomic mass is 32.2. The molecule has 1 N–H and O–H groups in total. The van der Waals surface area contributed by atoms with Crippen molar-refractivity contribution in [2.75, 3.05) is 19.8 Å². The van der Waals surface area contributed by atoms with Crippen molar-refractivity contribution < 1.29 is 9.13 Å². The number of halogens is 1. The van der Waals surface area contributed by atoms with Crippen LogP contribution in [0.3, 0.4) is 0 Å². The average Bonchev–Trinajstić information content (AvgIpc) is 2.26. The maximum atomic E-state index is 13.2. The summed E-state index contributed by atoms with van der Waals surface area (Å²) >= 11 is 1.79. The molecule has 1 heterocycles. The number of rotatable bonds is 6. The third-order valence-electron chi connectivity index (χ3n) is 2.67. The van der Waals surface area contributed by atoms with Crippen LogP contribution in [0, 0.1) is 5.82 Å². The lowest BCUT2D eigenvalue weighted by Gasteiger charge is -2.26. The number of hydrogen-bond acceptors (Lipinski definition) is 3. The predicted octanol–water partition coefficient (Wildman–Crippen LogP) is 2.82. The van der Waals surface area contributed by atoms with Gasteiger partial charge in [0.1, 0.15) is 5.82 Å². The van der Waals surface area contributed by atoms with Crippen molar-refractivity contribution >= 4 is 11.8 Å². The lowest BCUT2D eigenvalue weighted by molar-refractivity contribution is 0.0455. The summed E-state index contributed by atoms with van der Waals surface area (Å²) < 4.78 is 18.4. The Morgan fingerprint density at radius 2 is 2.29 bits per heavy atom. The number of nitrogens with one attached hydrogen (secondary N) is 1. The van der Waals surface area contributed by atoms with Crippen LogP contribution in [-0.4, -0.2) is 25.0 Å². The fourth-order valence-electron chi connectivity index (χ4n) is 1.66. The van der Waals surface area contributed by atoms with Crippen LogP contribution < -0.4 is 5.32 Å². The van der Waals surface area contributed by atoms with Gasteiger partial charge in [0, 0.05) is 11.4 Å². The molecule has 0 unspecified atom stereocenters. The maximum Gasteiger partial charge on any atom is 0.123 e. The van der Waals surface area contributed by atoms with Crippen LogP contribution in [0.1, 0.15) is 18.9 Å². The lowest BCUT2D eigenvalue weighted by Crippen LogP contribution is -2.30. The molecule has 1 saturated heterocycles. The van der Waals surface area contributed by atoms with E-state index in [1.165, 1.54) is 11.0 Å². The van der Waals surface area contributed by atoms with E-state index in [0.29, 0.717) is 5.25 Å². The predicted molar refractivity (Wildman–Crippen MR) is 68.9 cm³/mol. The fraction of sp³-hybridized carbons (Fsp3) is 0.538. The zero-order valence-corrected chi connectivity index (χ0v) is 10.9. The second-order valence-corrected chi connectivity index (χ2v) is 5.55. The van der Waals surface area contributed by atoms with Crippen LogP contribution in [-0.2, 0) is 11.3 Å². The van der Waals surface area contributed by atoms with Gasteiger partial charge in [-0.2, -0.15) is 0 Å². The number of thioether (sulfide) groups is 1. The Morgan fingerprint density at radius 1 is 1.47 bits per heavy atom. The highest BCUT2D eigenvalue weighted by molar-refractivity contribution is 8.00. The minimum absolute atomic E-state index is 0.160. The van der Waals surface area contributed by atoms with Crippen LogP contribution in [0.15, 0.2) is 23.1 Å². The van der Waals surface area contributed by atoms with Crippen molar-refractivity contribution in [1.29, 1.82) is 0 Å². The van der Waals surface area contributed by atoms with E-state index in [0.717, 1.165) is 38.3 Å². The smallest absolute Gasteiger partial charge is 0.123 e. The molecule has 1 aromatic carbocycles. The molecule has 1 aromatic rings. The van der Waals surface area contributed by atoms with Gasteiger partial charge in [-0.05, 0) is 36.7 Å². The van der Waals surface area contributed by atoms with Crippen molar-refractivity contribution in [2.24, 2.45) is 0 Å². The first-order valence-corrected chi connectivity index (χ1v) is 6.91. The summed E-state index contributed by atoms with van der Waals surface area (Å²) in [5.41, 5.74) is 1.05. The highest BCUT2D eigenvalue weighted by Crippen LogP contribution is 2.31. The van der Waals surface area contributed by atoms with Gasteiger partial charge in [-0.15, -0.1) is 11.8 Å². The Bertz CT molecular complexity index is 368. The molecule has 2 rings (SSSR count). The zero-order chi connectivity index (χ0) is 12.1. The molecule has 0 radical (unpaired) electrons. The molecular formula is C13H18FNOS. The van der Waals surface area contributed by atoms with Crippen LogP contribution in [0.25, 0.3) is 0 Å². The maximum absolute atomic E-state index is 13.2. The Kier molecular flexibility index (Phi) is 4.83. The Hall–Kier alpha value is -0.580. The van der Waals surface area contributed by atoms with E-state index in [4.69, 9.17) is 4.74 Å². The third kappa shape index (κ3) is 3.69. The summed E-state index contributed by atoms with van der Waals surface area (Å²) in [7, 11) is 0. The number of ether oxygens (including phenoxy) is 1. The number of benzene rings is 1. The molecule has 0 spiro atoms. The summed E-state index contributed by atoms with van der Waals surface area (Å²) in [4.78, 5) is 1.17. The first-order chi connectivity index (χ1) is 8.29. The van der Waals surface area contributed by atoms with E-state index < -0.39 is 0 Å². The summed E-state index contributed by atoms with van der Waals surface area (Å²) in [6.45, 7) is 5.45. The van der Waals surface area contributed by atoms with Gasteiger partial charge in [-0.25, -0.2) is 4.39 Å². The Balaban J connectivity index is 2.00. The van der Waals surface area contributed by atoms with Crippen molar-refractivity contribution in [1.82, 2.24) is 5.32 Å². The van der Waals surface area contributed by atoms with E-state index in [1.807, 2.05) is 6.07 Å². The summed E-state index contributed by atoms with van der Waals surface area (Å²) in [6.07, 6.45) is 1.09. The van der Waals surface area contributed by atoms with Crippen LogP contribution >= 0.6 is 11.8 Å². The summed E-state index contributed by atoms with van der Waals surface area (Å²) in [5.74, 6) is -0.160. The first-order valence-electron chi connectivity index (χ1n) is 6.03. The molecule has 17 heavy (non-hydrogen) atoms. The highest BCUT2D eigenvalue weighted by Gasteiger charge is 2.20. The van der Waals surface area contributed by atoms with Gasteiger partial charge in [-0.1, -0.05) is 6.92 Å². The molecule has 2 nitrogen and oxygen atoms in total. The van der Waals surface area contributed by atoms with Gasteiger partial charge in [0.25, 0.3) is 0 Å². The monoisotopic (exact) mass is 255 g/mol.